The molecule has 0 aliphatic carbocycles. The molecule has 100 valence electrons. The van der Waals surface area contributed by atoms with E-state index in [1.807, 2.05) is 13.8 Å². The van der Waals surface area contributed by atoms with Crippen LogP contribution in [0.5, 0.6) is 5.75 Å². The van der Waals surface area contributed by atoms with Crippen LogP contribution in [0.15, 0.2) is 22.7 Å². The van der Waals surface area contributed by atoms with Gasteiger partial charge in [0.1, 0.15) is 5.75 Å². The summed E-state index contributed by atoms with van der Waals surface area (Å²) in [6, 6.07) is 4.80. The van der Waals surface area contributed by atoms with Crippen molar-refractivity contribution < 1.29 is 14.6 Å². The molecule has 0 aliphatic rings. The molecule has 0 spiro atoms. The van der Waals surface area contributed by atoms with E-state index < -0.39 is 0 Å². The van der Waals surface area contributed by atoms with E-state index in [0.29, 0.717) is 5.56 Å². The summed E-state index contributed by atoms with van der Waals surface area (Å²) >= 11 is 3.17. The second kappa shape index (κ2) is 13.2. The lowest BCUT2D eigenvalue weighted by Crippen LogP contribution is -1.91. The van der Waals surface area contributed by atoms with Crippen molar-refractivity contribution in [3.05, 3.63) is 28.2 Å². The van der Waals surface area contributed by atoms with Crippen LogP contribution in [0.1, 0.15) is 38.6 Å². The molecule has 1 aromatic rings. The Balaban J connectivity index is -0.000000286. The van der Waals surface area contributed by atoms with E-state index in [4.69, 9.17) is 0 Å². The first-order valence-electron chi connectivity index (χ1n) is 4.92. The van der Waals surface area contributed by atoms with Gasteiger partial charge in [0.05, 0.1) is 5.56 Å². The lowest BCUT2D eigenvalue weighted by Gasteiger charge is -1.99. The number of phenolic OH excluding ortho intramolecular Hbond substituents is 1. The maximum Gasteiger partial charge on any atom is 0.163 e. The molecule has 0 amide bonds. The maximum absolute atomic E-state index is 10.8. The molecule has 0 saturated carbocycles. The van der Waals surface area contributed by atoms with Gasteiger partial charge in [0.15, 0.2) is 5.78 Å². The van der Waals surface area contributed by atoms with Crippen LogP contribution in [0.2, 0.25) is 0 Å². The molecule has 0 saturated heterocycles. The van der Waals surface area contributed by atoms with E-state index >= 15 is 0 Å². The molecule has 3 nitrogen and oxygen atoms in total. The molecule has 0 aliphatic heterocycles. The molecule has 0 heterocycles. The van der Waals surface area contributed by atoms with Crippen molar-refractivity contribution in [2.24, 2.45) is 0 Å². The zero-order valence-corrected chi connectivity index (χ0v) is 12.0. The molecule has 0 radical (unpaired) electrons. The van der Waals surface area contributed by atoms with Gasteiger partial charge in [-0.25, -0.2) is 0 Å². The summed E-state index contributed by atoms with van der Waals surface area (Å²) in [4.78, 5) is 10.8. The molecule has 1 rings (SSSR count). The first-order valence-corrected chi connectivity index (χ1v) is 5.71. The highest BCUT2D eigenvalue weighted by atomic mass is 79.9. The molecular weight excluding hydrogens is 284 g/mol. The van der Waals surface area contributed by atoms with Gasteiger partial charge in [-0.2, -0.15) is 0 Å². The highest BCUT2D eigenvalue weighted by molar-refractivity contribution is 9.10. The first kappa shape index (κ1) is 21.4. The number of hydrogen-bond acceptors (Lipinski definition) is 3. The lowest BCUT2D eigenvalue weighted by molar-refractivity contribution is 0.101. The Morgan fingerprint density at radius 1 is 1.29 bits per heavy atom. The van der Waals surface area contributed by atoms with Crippen LogP contribution in [0.3, 0.4) is 0 Å². The fourth-order valence-electron chi connectivity index (χ4n) is 0.803. The van der Waals surface area contributed by atoms with Crippen molar-refractivity contribution in [2.45, 2.75) is 28.2 Å². The molecule has 17 heavy (non-hydrogen) atoms. The lowest BCUT2D eigenvalue weighted by atomic mass is 10.1. The number of carbonyl (C=O) groups excluding carboxylic acids is 1. The van der Waals surface area contributed by atoms with E-state index in [-0.39, 0.29) is 19.0 Å². The molecule has 0 bridgehead atoms. The van der Waals surface area contributed by atoms with E-state index in [1.54, 1.807) is 26.4 Å². The summed E-state index contributed by atoms with van der Waals surface area (Å²) in [6.07, 6.45) is 0. The number of rotatable bonds is 1. The molecule has 0 atom stereocenters. The van der Waals surface area contributed by atoms with Gasteiger partial charge >= 0.3 is 0 Å². The maximum atomic E-state index is 10.8. The predicted molar refractivity (Wildman–Crippen MR) is 76.8 cm³/mol. The molecule has 0 aromatic heterocycles. The molecule has 0 unspecified atom stereocenters. The summed E-state index contributed by atoms with van der Waals surface area (Å²) in [5, 5.41) is 9.21. The highest BCUT2D eigenvalue weighted by Gasteiger charge is 2.04. The monoisotopic (exact) mass is 306 g/mol. The summed E-state index contributed by atoms with van der Waals surface area (Å²) in [6.45, 7) is 5.42. The third kappa shape index (κ3) is 10.0. The summed E-state index contributed by atoms with van der Waals surface area (Å²) in [7, 11) is 3.25. The molecule has 4 heteroatoms. The molecule has 1 aromatic carbocycles. The van der Waals surface area contributed by atoms with Crippen LogP contribution < -0.4 is 0 Å². The average Bonchev–Trinajstić information content (AvgIpc) is 2.21. The zero-order valence-electron chi connectivity index (χ0n) is 10.4. The Hall–Kier alpha value is -0.870. The normalized spacial score (nSPS) is 7.65. The minimum absolute atomic E-state index is 0. The van der Waals surface area contributed by atoms with Crippen molar-refractivity contribution in [1.82, 2.24) is 0 Å². The minimum Gasteiger partial charge on any atom is -0.507 e. The number of benzene rings is 1. The van der Waals surface area contributed by atoms with Crippen LogP contribution in [0, 0.1) is 0 Å². The van der Waals surface area contributed by atoms with E-state index in [1.165, 1.54) is 13.0 Å². The van der Waals surface area contributed by atoms with Crippen LogP contribution in [-0.4, -0.2) is 25.1 Å². The van der Waals surface area contributed by atoms with Gasteiger partial charge in [0, 0.05) is 18.7 Å². The smallest absolute Gasteiger partial charge is 0.163 e. The van der Waals surface area contributed by atoms with Crippen molar-refractivity contribution in [2.75, 3.05) is 14.2 Å². The second-order valence-corrected chi connectivity index (χ2v) is 3.54. The van der Waals surface area contributed by atoms with Gasteiger partial charge in [-0.05, 0) is 25.1 Å². The number of ketones is 1. The number of hydrogen-bond donors (Lipinski definition) is 1. The SMILES string of the molecule is C.CC.CC(=O)c1ccc(Br)cc1O.COC. The van der Waals surface area contributed by atoms with Crippen LogP contribution >= 0.6 is 15.9 Å². The Morgan fingerprint density at radius 3 is 2.00 bits per heavy atom. The number of aromatic hydroxyl groups is 1. The number of carbonyl (C=O) groups is 1. The van der Waals surface area contributed by atoms with Crippen molar-refractivity contribution in [1.29, 1.82) is 0 Å². The quantitative estimate of drug-likeness (QED) is 0.788. The topological polar surface area (TPSA) is 46.5 Å². The van der Waals surface area contributed by atoms with Crippen LogP contribution in [0.25, 0.3) is 0 Å². The number of Topliss-reactive ketones (excluding diaryl/α,β-unsaturated/α-hetero) is 1. The third-order valence-electron chi connectivity index (χ3n) is 1.34. The zero-order chi connectivity index (χ0) is 13.1. The fourth-order valence-corrected chi connectivity index (χ4v) is 1.15. The standard InChI is InChI=1S/C8H7BrO2.C2H6O.C2H6.CH4/c1-5(10)7-3-2-6(9)4-8(7)11;1-3-2;1-2;/h2-4,11H,1H3;1-2H3;1-2H3;1H4. The van der Waals surface area contributed by atoms with Crippen LogP contribution in [0.4, 0.5) is 0 Å². The van der Waals surface area contributed by atoms with Crippen molar-refractivity contribution >= 4 is 21.7 Å². The van der Waals surface area contributed by atoms with E-state index in [2.05, 4.69) is 20.7 Å². The minimum atomic E-state index is -0.130. The van der Waals surface area contributed by atoms with Crippen LogP contribution in [-0.2, 0) is 4.74 Å². The van der Waals surface area contributed by atoms with E-state index in [0.717, 1.165) is 4.47 Å². The second-order valence-electron chi connectivity index (χ2n) is 2.63. The van der Waals surface area contributed by atoms with Crippen molar-refractivity contribution in [3.8, 4) is 5.75 Å². The summed E-state index contributed by atoms with van der Waals surface area (Å²) in [5.74, 6) is -0.109. The van der Waals surface area contributed by atoms with Gasteiger partial charge in [0.2, 0.25) is 0 Å². The molecule has 1 N–H and O–H groups in total. The average molecular weight is 307 g/mol. The van der Waals surface area contributed by atoms with Gasteiger partial charge in [-0.3, -0.25) is 4.79 Å². The first-order chi connectivity index (χ1) is 7.52. The third-order valence-corrected chi connectivity index (χ3v) is 1.83. The highest BCUT2D eigenvalue weighted by Crippen LogP contribution is 2.22. The Bertz CT molecular complexity index is 312. The summed E-state index contributed by atoms with van der Waals surface area (Å²) < 4.78 is 5.01. The number of phenols is 1. The van der Waals surface area contributed by atoms with E-state index in [9.17, 15) is 9.90 Å². The molecular formula is C13H23BrO3. The largest absolute Gasteiger partial charge is 0.507 e. The van der Waals surface area contributed by atoms with Gasteiger partial charge in [0.25, 0.3) is 0 Å². The molecule has 0 fully saturated rings. The number of methoxy groups -OCH3 is 1. The van der Waals surface area contributed by atoms with Gasteiger partial charge in [-0.15, -0.1) is 0 Å². The Labute approximate surface area is 113 Å². The van der Waals surface area contributed by atoms with Gasteiger partial charge in [-0.1, -0.05) is 37.2 Å². The fraction of sp³-hybridized carbons (Fsp3) is 0.462. The predicted octanol–water partition coefficient (Wildman–Crippen LogP) is 4.28. The Morgan fingerprint density at radius 2 is 1.71 bits per heavy atom. The van der Waals surface area contributed by atoms with Crippen molar-refractivity contribution in [3.63, 3.8) is 0 Å². The number of halogens is 1. The Kier molecular flexibility index (Phi) is 16.6. The van der Waals surface area contributed by atoms with Gasteiger partial charge < -0.3 is 9.84 Å². The summed E-state index contributed by atoms with van der Waals surface area (Å²) in [5.41, 5.74) is 0.355. The number of ether oxygens (including phenoxy) is 1.